The number of carbonyl (C=O) groups is 1. The van der Waals surface area contributed by atoms with E-state index in [1.165, 1.54) is 0 Å². The Kier molecular flexibility index (Phi) is 7.48. The van der Waals surface area contributed by atoms with E-state index in [1.54, 1.807) is 0 Å². The summed E-state index contributed by atoms with van der Waals surface area (Å²) in [6.07, 6.45) is 3.72. The van der Waals surface area contributed by atoms with Gasteiger partial charge in [0.2, 0.25) is 5.91 Å². The van der Waals surface area contributed by atoms with Crippen LogP contribution in [0, 0.1) is 5.92 Å². The summed E-state index contributed by atoms with van der Waals surface area (Å²) in [7, 11) is 0. The third kappa shape index (κ3) is 6.89. The molecule has 0 aromatic carbocycles. The Hall–Kier alpha value is -0.570. The van der Waals surface area contributed by atoms with E-state index in [1.807, 2.05) is 0 Å². The molecule has 0 aromatic heterocycles. The minimum atomic E-state index is 0.112. The fourth-order valence-electron chi connectivity index (χ4n) is 1.25. The fraction of sp³-hybridized carbons (Fsp3) is 0.909. The number of carbonyl (C=O) groups excluding carboxylic acids is 1. The summed E-state index contributed by atoms with van der Waals surface area (Å²) in [6.45, 7) is 6.90. The highest BCUT2D eigenvalue weighted by atomic mass is 16.1. The lowest BCUT2D eigenvalue weighted by Gasteiger charge is -2.13. The molecule has 0 aliphatic heterocycles. The van der Waals surface area contributed by atoms with Crippen molar-refractivity contribution in [3.8, 4) is 0 Å². The van der Waals surface area contributed by atoms with Crippen LogP contribution >= 0.6 is 0 Å². The van der Waals surface area contributed by atoms with Gasteiger partial charge >= 0.3 is 0 Å². The van der Waals surface area contributed by atoms with Crippen LogP contribution in [0.2, 0.25) is 0 Å². The summed E-state index contributed by atoms with van der Waals surface area (Å²) < 4.78 is 0. The summed E-state index contributed by atoms with van der Waals surface area (Å²) in [5, 5.41) is 2.87. The molecule has 0 aliphatic rings. The lowest BCUT2D eigenvalue weighted by molar-refractivity contribution is -0.122. The smallest absolute Gasteiger partial charge is 0.220 e. The summed E-state index contributed by atoms with van der Waals surface area (Å²) in [5.41, 5.74) is 5.78. The number of nitrogens with two attached hydrogens (primary N) is 1. The van der Waals surface area contributed by atoms with Crippen LogP contribution in [0.25, 0.3) is 0 Å². The van der Waals surface area contributed by atoms with Crippen LogP contribution in [0.5, 0.6) is 0 Å². The van der Waals surface area contributed by atoms with Crippen molar-refractivity contribution in [2.45, 2.75) is 52.5 Å². The molecule has 2 atom stereocenters. The fourth-order valence-corrected chi connectivity index (χ4v) is 1.25. The minimum Gasteiger partial charge on any atom is -0.355 e. The Balaban J connectivity index is 3.53. The second-order valence-electron chi connectivity index (χ2n) is 4.07. The predicted molar refractivity (Wildman–Crippen MR) is 60.0 cm³/mol. The van der Waals surface area contributed by atoms with Crippen molar-refractivity contribution in [2.24, 2.45) is 11.7 Å². The molecule has 3 heteroatoms. The topological polar surface area (TPSA) is 55.1 Å². The molecule has 0 heterocycles. The zero-order chi connectivity index (χ0) is 11.0. The largest absolute Gasteiger partial charge is 0.355 e. The van der Waals surface area contributed by atoms with Gasteiger partial charge in [0.15, 0.2) is 0 Å². The van der Waals surface area contributed by atoms with Crippen molar-refractivity contribution in [2.75, 3.05) is 6.54 Å². The maximum atomic E-state index is 11.4. The molecule has 84 valence electrons. The van der Waals surface area contributed by atoms with Crippen LogP contribution in [0.15, 0.2) is 0 Å². The van der Waals surface area contributed by atoms with E-state index in [9.17, 15) is 4.79 Å². The highest BCUT2D eigenvalue weighted by molar-refractivity contribution is 5.76. The Bertz CT molecular complexity index is 159. The van der Waals surface area contributed by atoms with Gasteiger partial charge in [0.25, 0.3) is 0 Å². The summed E-state index contributed by atoms with van der Waals surface area (Å²) in [5.74, 6) is 0.600. The number of hydrogen-bond acceptors (Lipinski definition) is 2. The first-order valence-corrected chi connectivity index (χ1v) is 5.62. The zero-order valence-electron chi connectivity index (χ0n) is 9.68. The van der Waals surface area contributed by atoms with E-state index in [2.05, 4.69) is 26.1 Å². The van der Waals surface area contributed by atoms with Crippen molar-refractivity contribution in [3.05, 3.63) is 0 Å². The van der Waals surface area contributed by atoms with Crippen LogP contribution in [0.3, 0.4) is 0 Å². The minimum absolute atomic E-state index is 0.112. The van der Waals surface area contributed by atoms with Gasteiger partial charge < -0.3 is 11.1 Å². The number of hydrogen-bond donors (Lipinski definition) is 2. The molecule has 2 unspecified atom stereocenters. The SMILES string of the molecule is CCCC(N)CNC(=O)CC(C)CC. The van der Waals surface area contributed by atoms with Crippen molar-refractivity contribution < 1.29 is 4.79 Å². The molecule has 3 nitrogen and oxygen atoms in total. The van der Waals surface area contributed by atoms with Crippen LogP contribution in [0.4, 0.5) is 0 Å². The van der Waals surface area contributed by atoms with E-state index in [-0.39, 0.29) is 11.9 Å². The number of rotatable bonds is 7. The monoisotopic (exact) mass is 200 g/mol. The molecular formula is C11H24N2O. The highest BCUT2D eigenvalue weighted by Gasteiger charge is 2.08. The van der Waals surface area contributed by atoms with Crippen molar-refractivity contribution in [1.82, 2.24) is 5.32 Å². The van der Waals surface area contributed by atoms with Crippen LogP contribution < -0.4 is 11.1 Å². The van der Waals surface area contributed by atoms with Gasteiger partial charge in [-0.25, -0.2) is 0 Å². The average Bonchev–Trinajstić information content (AvgIpc) is 2.15. The predicted octanol–water partition coefficient (Wildman–Crippen LogP) is 1.67. The lowest BCUT2D eigenvalue weighted by atomic mass is 10.0. The number of amides is 1. The van der Waals surface area contributed by atoms with Crippen LogP contribution in [0.1, 0.15) is 46.5 Å². The first-order valence-electron chi connectivity index (χ1n) is 5.62. The first kappa shape index (κ1) is 13.4. The number of nitrogens with one attached hydrogen (secondary N) is 1. The van der Waals surface area contributed by atoms with Crippen molar-refractivity contribution in [3.63, 3.8) is 0 Å². The second kappa shape index (κ2) is 7.80. The molecule has 3 N–H and O–H groups in total. The first-order chi connectivity index (χ1) is 6.60. The average molecular weight is 200 g/mol. The van der Waals surface area contributed by atoms with Crippen molar-refractivity contribution >= 4 is 5.91 Å². The third-order valence-corrected chi connectivity index (χ3v) is 2.45. The standard InChI is InChI=1S/C11H24N2O/c1-4-6-10(12)8-13-11(14)7-9(3)5-2/h9-10H,4-8,12H2,1-3H3,(H,13,14). The molecule has 0 aromatic rings. The molecule has 0 rings (SSSR count). The van der Waals surface area contributed by atoms with Crippen molar-refractivity contribution in [1.29, 1.82) is 0 Å². The van der Waals surface area contributed by atoms with E-state index < -0.39 is 0 Å². The second-order valence-corrected chi connectivity index (χ2v) is 4.07. The van der Waals surface area contributed by atoms with Gasteiger partial charge in [-0.3, -0.25) is 4.79 Å². The normalized spacial score (nSPS) is 14.9. The summed E-state index contributed by atoms with van der Waals surface area (Å²) in [4.78, 5) is 11.4. The van der Waals surface area contributed by atoms with Gasteiger partial charge in [0, 0.05) is 19.0 Å². The molecule has 0 saturated carbocycles. The lowest BCUT2D eigenvalue weighted by Crippen LogP contribution is -2.37. The molecular weight excluding hydrogens is 176 g/mol. The Morgan fingerprint density at radius 2 is 2.07 bits per heavy atom. The molecule has 0 radical (unpaired) electrons. The zero-order valence-corrected chi connectivity index (χ0v) is 9.68. The summed E-state index contributed by atoms with van der Waals surface area (Å²) in [6, 6.07) is 0.112. The van der Waals surface area contributed by atoms with E-state index in [0.29, 0.717) is 18.9 Å². The van der Waals surface area contributed by atoms with Gasteiger partial charge in [0.05, 0.1) is 0 Å². The van der Waals surface area contributed by atoms with Gasteiger partial charge in [0.1, 0.15) is 0 Å². The molecule has 0 spiro atoms. The Morgan fingerprint density at radius 3 is 2.57 bits per heavy atom. The maximum absolute atomic E-state index is 11.4. The molecule has 0 aliphatic carbocycles. The van der Waals surface area contributed by atoms with Gasteiger partial charge in [-0.2, -0.15) is 0 Å². The quantitative estimate of drug-likeness (QED) is 0.657. The van der Waals surface area contributed by atoms with Gasteiger partial charge in [-0.1, -0.05) is 33.6 Å². The van der Waals surface area contributed by atoms with E-state index in [4.69, 9.17) is 5.73 Å². The van der Waals surface area contributed by atoms with E-state index >= 15 is 0 Å². The van der Waals surface area contributed by atoms with Crippen LogP contribution in [-0.4, -0.2) is 18.5 Å². The van der Waals surface area contributed by atoms with Gasteiger partial charge in [-0.15, -0.1) is 0 Å². The van der Waals surface area contributed by atoms with Crippen LogP contribution in [-0.2, 0) is 4.79 Å². The Morgan fingerprint density at radius 1 is 1.43 bits per heavy atom. The maximum Gasteiger partial charge on any atom is 0.220 e. The summed E-state index contributed by atoms with van der Waals surface area (Å²) >= 11 is 0. The highest BCUT2D eigenvalue weighted by Crippen LogP contribution is 2.05. The molecule has 14 heavy (non-hydrogen) atoms. The Labute approximate surface area is 87.4 Å². The molecule has 1 amide bonds. The molecule has 0 fully saturated rings. The van der Waals surface area contributed by atoms with E-state index in [0.717, 1.165) is 19.3 Å². The third-order valence-electron chi connectivity index (χ3n) is 2.45. The molecule has 0 saturated heterocycles. The molecule has 0 bridgehead atoms. The van der Waals surface area contributed by atoms with Gasteiger partial charge in [-0.05, 0) is 12.3 Å².